The minimum atomic E-state index is -3.38. The van der Waals surface area contributed by atoms with E-state index in [2.05, 4.69) is 29.2 Å². The predicted molar refractivity (Wildman–Crippen MR) is 133 cm³/mol. The Morgan fingerprint density at radius 3 is 2.45 bits per heavy atom. The number of rotatable bonds is 7. The number of allylic oxidation sites excluding steroid dienone is 1. The molecule has 0 radical (unpaired) electrons. The van der Waals surface area contributed by atoms with E-state index in [1.807, 2.05) is 41.3 Å². The summed E-state index contributed by atoms with van der Waals surface area (Å²) in [6, 6.07) is 17.6. The predicted octanol–water partition coefficient (Wildman–Crippen LogP) is 3.79. The summed E-state index contributed by atoms with van der Waals surface area (Å²) in [6.45, 7) is 3.55. The fourth-order valence-corrected chi connectivity index (χ4v) is 5.27. The van der Waals surface area contributed by atoms with E-state index < -0.39 is 10.0 Å². The second kappa shape index (κ2) is 10.1. The van der Waals surface area contributed by atoms with Crippen molar-refractivity contribution in [1.29, 1.82) is 0 Å². The maximum atomic E-state index is 13.9. The van der Waals surface area contributed by atoms with Crippen LogP contribution in [0.1, 0.15) is 42.3 Å². The number of carbonyl (C=O) groups is 1. The molecular weight excluding hydrogens is 434 g/mol. The fourth-order valence-electron chi connectivity index (χ4n) is 4.77. The first-order valence-electron chi connectivity index (χ1n) is 11.6. The van der Waals surface area contributed by atoms with Crippen molar-refractivity contribution in [3.8, 4) is 0 Å². The highest BCUT2D eigenvalue weighted by Gasteiger charge is 2.33. The summed E-state index contributed by atoms with van der Waals surface area (Å²) in [7, 11) is -1.84. The highest BCUT2D eigenvalue weighted by atomic mass is 32.2. The van der Waals surface area contributed by atoms with Gasteiger partial charge in [-0.3, -0.25) is 9.10 Å². The van der Waals surface area contributed by atoms with Gasteiger partial charge in [0.15, 0.2) is 0 Å². The maximum absolute atomic E-state index is 13.9. The van der Waals surface area contributed by atoms with E-state index in [0.29, 0.717) is 18.7 Å². The summed E-state index contributed by atoms with van der Waals surface area (Å²) < 4.78 is 25.3. The van der Waals surface area contributed by atoms with E-state index in [9.17, 15) is 13.2 Å². The standard InChI is InChI=1S/C26H33N3O3S/c1-27(33(2,31)32)23-14-10-13-22(19-23)24-15-6-7-18-29(26(24)30)25(20-28-16-8-9-17-28)21-11-4-3-5-12-21/h3-7,10-14,19,24-25H,8-9,15-18,20H2,1-2H3. The third-order valence-electron chi connectivity index (χ3n) is 6.75. The van der Waals surface area contributed by atoms with Crippen LogP contribution in [-0.4, -0.2) is 63.6 Å². The Bertz CT molecular complexity index is 1090. The van der Waals surface area contributed by atoms with Crippen molar-refractivity contribution >= 4 is 21.6 Å². The molecule has 0 aromatic heterocycles. The SMILES string of the molecule is CN(c1cccc(C2CC=CCN(C(CN3CCCC3)c3ccccc3)C2=O)c1)S(C)(=O)=O. The van der Waals surface area contributed by atoms with E-state index in [1.165, 1.54) is 30.5 Å². The number of amides is 1. The first-order valence-corrected chi connectivity index (χ1v) is 13.5. The molecule has 2 heterocycles. The Hall–Kier alpha value is -2.64. The Morgan fingerprint density at radius 2 is 1.76 bits per heavy atom. The Balaban J connectivity index is 1.66. The Labute approximate surface area is 197 Å². The number of hydrogen-bond donors (Lipinski definition) is 0. The zero-order valence-corrected chi connectivity index (χ0v) is 20.2. The van der Waals surface area contributed by atoms with Crippen molar-refractivity contribution < 1.29 is 13.2 Å². The largest absolute Gasteiger partial charge is 0.330 e. The highest BCUT2D eigenvalue weighted by Crippen LogP contribution is 2.33. The van der Waals surface area contributed by atoms with Crippen molar-refractivity contribution in [2.45, 2.75) is 31.2 Å². The van der Waals surface area contributed by atoms with Gasteiger partial charge < -0.3 is 9.80 Å². The lowest BCUT2D eigenvalue weighted by atomic mass is 9.93. The molecule has 2 aromatic carbocycles. The van der Waals surface area contributed by atoms with Crippen LogP contribution in [0.5, 0.6) is 0 Å². The van der Waals surface area contributed by atoms with Crippen LogP contribution in [0.4, 0.5) is 5.69 Å². The number of nitrogens with zero attached hydrogens (tertiary/aromatic N) is 3. The summed E-state index contributed by atoms with van der Waals surface area (Å²) in [4.78, 5) is 18.4. The summed E-state index contributed by atoms with van der Waals surface area (Å²) in [6.07, 6.45) is 8.37. The molecule has 7 heteroatoms. The van der Waals surface area contributed by atoms with E-state index in [4.69, 9.17) is 0 Å². The van der Waals surface area contributed by atoms with Gasteiger partial charge in [-0.25, -0.2) is 8.42 Å². The van der Waals surface area contributed by atoms with Gasteiger partial charge in [-0.2, -0.15) is 0 Å². The van der Waals surface area contributed by atoms with Gasteiger partial charge in [0.2, 0.25) is 15.9 Å². The van der Waals surface area contributed by atoms with Crippen LogP contribution in [-0.2, 0) is 14.8 Å². The molecule has 176 valence electrons. The van der Waals surface area contributed by atoms with E-state index in [-0.39, 0.29) is 17.9 Å². The first-order chi connectivity index (χ1) is 15.8. The quantitative estimate of drug-likeness (QED) is 0.582. The number of sulfonamides is 1. The second-order valence-electron chi connectivity index (χ2n) is 9.01. The van der Waals surface area contributed by atoms with Gasteiger partial charge in [0.25, 0.3) is 0 Å². The lowest BCUT2D eigenvalue weighted by molar-refractivity contribution is -0.134. The molecule has 0 bridgehead atoms. The third kappa shape index (κ3) is 5.47. The number of benzene rings is 2. The van der Waals surface area contributed by atoms with Crippen LogP contribution in [0.2, 0.25) is 0 Å². The van der Waals surface area contributed by atoms with Crippen LogP contribution in [0, 0.1) is 0 Å². The minimum absolute atomic E-state index is 0.0241. The molecule has 2 aliphatic rings. The molecule has 1 amide bonds. The van der Waals surface area contributed by atoms with Crippen molar-refractivity contribution in [2.24, 2.45) is 0 Å². The lowest BCUT2D eigenvalue weighted by Crippen LogP contribution is -2.42. The van der Waals surface area contributed by atoms with Crippen molar-refractivity contribution in [3.63, 3.8) is 0 Å². The topological polar surface area (TPSA) is 60.9 Å². The van der Waals surface area contributed by atoms with E-state index >= 15 is 0 Å². The summed E-state index contributed by atoms with van der Waals surface area (Å²) in [5.74, 6) is -0.256. The fraction of sp³-hybridized carbons (Fsp3) is 0.423. The minimum Gasteiger partial charge on any atom is -0.330 e. The summed E-state index contributed by atoms with van der Waals surface area (Å²) in [5.41, 5.74) is 2.56. The molecular formula is C26H33N3O3S. The van der Waals surface area contributed by atoms with Crippen LogP contribution >= 0.6 is 0 Å². The number of carbonyl (C=O) groups excluding carboxylic acids is 1. The number of likely N-dealkylation sites (tertiary alicyclic amines) is 1. The van der Waals surface area contributed by atoms with Gasteiger partial charge in [0.05, 0.1) is 23.9 Å². The van der Waals surface area contributed by atoms with Crippen LogP contribution in [0.3, 0.4) is 0 Å². The summed E-state index contributed by atoms with van der Waals surface area (Å²) >= 11 is 0. The molecule has 2 aromatic rings. The molecule has 2 unspecified atom stereocenters. The van der Waals surface area contributed by atoms with Crippen LogP contribution < -0.4 is 4.31 Å². The molecule has 4 rings (SSSR count). The van der Waals surface area contributed by atoms with E-state index in [0.717, 1.165) is 30.8 Å². The van der Waals surface area contributed by atoms with Gasteiger partial charge in [0, 0.05) is 20.1 Å². The van der Waals surface area contributed by atoms with Gasteiger partial charge >= 0.3 is 0 Å². The average Bonchev–Trinajstić information content (AvgIpc) is 3.25. The highest BCUT2D eigenvalue weighted by molar-refractivity contribution is 7.92. The molecule has 0 N–H and O–H groups in total. The zero-order chi connectivity index (χ0) is 23.4. The number of hydrogen-bond acceptors (Lipinski definition) is 4. The zero-order valence-electron chi connectivity index (χ0n) is 19.4. The monoisotopic (exact) mass is 467 g/mol. The van der Waals surface area contributed by atoms with Crippen molar-refractivity contribution in [3.05, 3.63) is 77.9 Å². The molecule has 6 nitrogen and oxygen atoms in total. The Morgan fingerprint density at radius 1 is 1.03 bits per heavy atom. The normalized spacial score (nSPS) is 20.6. The van der Waals surface area contributed by atoms with Gasteiger partial charge in [-0.1, -0.05) is 54.6 Å². The molecule has 1 saturated heterocycles. The van der Waals surface area contributed by atoms with Crippen molar-refractivity contribution in [1.82, 2.24) is 9.80 Å². The number of anilines is 1. The van der Waals surface area contributed by atoms with Gasteiger partial charge in [-0.05, 0) is 55.6 Å². The molecule has 1 fully saturated rings. The molecule has 33 heavy (non-hydrogen) atoms. The average molecular weight is 468 g/mol. The van der Waals surface area contributed by atoms with Crippen LogP contribution in [0.25, 0.3) is 0 Å². The maximum Gasteiger partial charge on any atom is 0.231 e. The molecule has 0 aliphatic carbocycles. The Kier molecular flexibility index (Phi) is 7.20. The second-order valence-corrected chi connectivity index (χ2v) is 11.0. The van der Waals surface area contributed by atoms with E-state index in [1.54, 1.807) is 6.07 Å². The first kappa shape index (κ1) is 23.5. The molecule has 2 aliphatic heterocycles. The summed E-state index contributed by atoms with van der Waals surface area (Å²) in [5, 5.41) is 0. The smallest absolute Gasteiger partial charge is 0.231 e. The van der Waals surface area contributed by atoms with Crippen LogP contribution in [0.15, 0.2) is 66.7 Å². The van der Waals surface area contributed by atoms with Crippen molar-refractivity contribution in [2.75, 3.05) is 43.8 Å². The van der Waals surface area contributed by atoms with Gasteiger partial charge in [-0.15, -0.1) is 0 Å². The third-order valence-corrected chi connectivity index (χ3v) is 7.95. The molecule has 2 atom stereocenters. The lowest BCUT2D eigenvalue weighted by Gasteiger charge is -2.35. The molecule has 0 spiro atoms. The molecule has 0 saturated carbocycles. The van der Waals surface area contributed by atoms with Gasteiger partial charge in [0.1, 0.15) is 0 Å².